The van der Waals surface area contributed by atoms with Gasteiger partial charge in [0.15, 0.2) is 0 Å². The second-order valence-corrected chi connectivity index (χ2v) is 6.71. The molecule has 0 aliphatic carbocycles. The van der Waals surface area contributed by atoms with Gasteiger partial charge in [0.25, 0.3) is 5.69 Å². The molecule has 1 aromatic rings. The predicted octanol–water partition coefficient (Wildman–Crippen LogP) is 2.44. The molecule has 2 rings (SSSR count). The van der Waals surface area contributed by atoms with Crippen LogP contribution in [0.4, 0.5) is 10.5 Å². The lowest BCUT2D eigenvalue weighted by molar-refractivity contribution is -0.384. The molecule has 0 bridgehead atoms. The first-order valence-electron chi connectivity index (χ1n) is 7.70. The van der Waals surface area contributed by atoms with Crippen LogP contribution in [-0.2, 0) is 9.53 Å². The van der Waals surface area contributed by atoms with Crippen molar-refractivity contribution in [3.63, 3.8) is 0 Å². The molecule has 0 saturated carbocycles. The van der Waals surface area contributed by atoms with E-state index < -0.39 is 34.7 Å². The van der Waals surface area contributed by atoms with E-state index in [4.69, 9.17) is 9.47 Å². The van der Waals surface area contributed by atoms with Crippen LogP contribution < -0.4 is 4.74 Å². The van der Waals surface area contributed by atoms with E-state index in [9.17, 15) is 24.8 Å². The van der Waals surface area contributed by atoms with Gasteiger partial charge in [-0.25, -0.2) is 9.59 Å². The van der Waals surface area contributed by atoms with Crippen molar-refractivity contribution in [1.29, 1.82) is 0 Å². The summed E-state index contributed by atoms with van der Waals surface area (Å²) in [5, 5.41) is 20.0. The minimum atomic E-state index is -1.14. The molecule has 9 heteroatoms. The third kappa shape index (κ3) is 4.82. The van der Waals surface area contributed by atoms with Crippen LogP contribution in [0.1, 0.15) is 27.2 Å². The van der Waals surface area contributed by atoms with Crippen molar-refractivity contribution in [1.82, 2.24) is 4.90 Å². The summed E-state index contributed by atoms with van der Waals surface area (Å²) in [5.41, 5.74) is -0.810. The number of nitro groups is 1. The number of nitro benzene ring substituents is 1. The van der Waals surface area contributed by atoms with Crippen LogP contribution in [0.2, 0.25) is 0 Å². The number of rotatable bonds is 4. The quantitative estimate of drug-likeness (QED) is 0.653. The van der Waals surface area contributed by atoms with Gasteiger partial charge in [0.1, 0.15) is 23.5 Å². The standard InChI is InChI=1S/C16H20N2O7/c1-16(2,3)25-15(21)17-9-12(8-13(17)14(19)20)24-11-6-4-10(5-7-11)18(22)23/h4-7,12-13H,8-9H2,1-3H3,(H,19,20)/t12?,13-/m1/s1. The summed E-state index contributed by atoms with van der Waals surface area (Å²) in [6.07, 6.45) is -1.16. The molecule has 1 amide bonds. The first-order chi connectivity index (χ1) is 11.6. The first-order valence-corrected chi connectivity index (χ1v) is 7.70. The van der Waals surface area contributed by atoms with E-state index in [-0.39, 0.29) is 18.7 Å². The molecule has 1 aromatic carbocycles. The molecule has 0 spiro atoms. The second-order valence-electron chi connectivity index (χ2n) is 6.71. The number of nitrogens with zero attached hydrogens (tertiary/aromatic N) is 2. The van der Waals surface area contributed by atoms with Gasteiger partial charge in [0.2, 0.25) is 0 Å². The van der Waals surface area contributed by atoms with Gasteiger partial charge < -0.3 is 14.6 Å². The summed E-state index contributed by atoms with van der Waals surface area (Å²) in [4.78, 5) is 34.9. The molecule has 0 aromatic heterocycles. The van der Waals surface area contributed by atoms with Crippen molar-refractivity contribution in [3.8, 4) is 5.75 Å². The second kappa shape index (κ2) is 6.96. The van der Waals surface area contributed by atoms with E-state index >= 15 is 0 Å². The van der Waals surface area contributed by atoms with Crippen LogP contribution in [0.15, 0.2) is 24.3 Å². The largest absolute Gasteiger partial charge is 0.488 e. The van der Waals surface area contributed by atoms with Gasteiger partial charge in [-0.15, -0.1) is 0 Å². The smallest absolute Gasteiger partial charge is 0.411 e. The monoisotopic (exact) mass is 352 g/mol. The van der Waals surface area contributed by atoms with Crippen molar-refractivity contribution in [2.75, 3.05) is 6.54 Å². The predicted molar refractivity (Wildman–Crippen MR) is 86.5 cm³/mol. The number of carbonyl (C=O) groups is 2. The topological polar surface area (TPSA) is 119 Å². The van der Waals surface area contributed by atoms with E-state index in [0.29, 0.717) is 5.75 Å². The first kappa shape index (κ1) is 18.5. The Labute approximate surface area is 144 Å². The Morgan fingerprint density at radius 2 is 1.88 bits per heavy atom. The number of ether oxygens (including phenoxy) is 2. The van der Waals surface area contributed by atoms with E-state index in [1.54, 1.807) is 20.8 Å². The molecule has 9 nitrogen and oxygen atoms in total. The number of non-ortho nitro benzene ring substituents is 1. The Morgan fingerprint density at radius 1 is 1.28 bits per heavy atom. The normalized spacial score (nSPS) is 20.2. The molecule has 1 aliphatic heterocycles. The Hall–Kier alpha value is -2.84. The average Bonchev–Trinajstić information content (AvgIpc) is 2.90. The molecule has 1 aliphatic rings. The SMILES string of the molecule is CC(C)(C)OC(=O)N1CC(Oc2ccc([N+](=O)[O-])cc2)C[C@@H]1C(=O)O. The Bertz CT molecular complexity index is 666. The number of carboxylic acids is 1. The molecule has 25 heavy (non-hydrogen) atoms. The van der Waals surface area contributed by atoms with Crippen LogP contribution in [0.5, 0.6) is 5.75 Å². The maximum absolute atomic E-state index is 12.2. The summed E-state index contributed by atoms with van der Waals surface area (Å²) in [6, 6.07) is 4.42. The van der Waals surface area contributed by atoms with Crippen molar-refractivity contribution >= 4 is 17.7 Å². The molecule has 1 fully saturated rings. The van der Waals surface area contributed by atoms with Gasteiger partial charge in [0, 0.05) is 18.6 Å². The summed E-state index contributed by atoms with van der Waals surface area (Å²) < 4.78 is 10.9. The zero-order chi connectivity index (χ0) is 18.8. The zero-order valence-corrected chi connectivity index (χ0v) is 14.2. The fraction of sp³-hybridized carbons (Fsp3) is 0.500. The number of aliphatic carboxylic acids is 1. The van der Waals surface area contributed by atoms with Crippen LogP contribution in [0.3, 0.4) is 0 Å². The Kier molecular flexibility index (Phi) is 5.15. The van der Waals surface area contributed by atoms with Crippen LogP contribution in [0, 0.1) is 10.1 Å². The number of amides is 1. The van der Waals surface area contributed by atoms with E-state index in [1.807, 2.05) is 0 Å². The molecule has 1 saturated heterocycles. The van der Waals surface area contributed by atoms with Gasteiger partial charge in [-0.1, -0.05) is 0 Å². The number of likely N-dealkylation sites (tertiary alicyclic amines) is 1. The summed E-state index contributed by atoms with van der Waals surface area (Å²) in [6.45, 7) is 5.15. The summed E-state index contributed by atoms with van der Waals surface area (Å²) >= 11 is 0. The molecule has 1 N–H and O–H groups in total. The Balaban J connectivity index is 2.07. The Morgan fingerprint density at radius 3 is 2.36 bits per heavy atom. The molecule has 2 atom stereocenters. The molecule has 0 radical (unpaired) electrons. The van der Waals surface area contributed by atoms with Gasteiger partial charge in [-0.3, -0.25) is 15.0 Å². The van der Waals surface area contributed by atoms with Crippen molar-refractivity contribution in [2.45, 2.75) is 44.9 Å². The van der Waals surface area contributed by atoms with Crippen LogP contribution in [-0.4, -0.2) is 51.3 Å². The molecule has 1 unspecified atom stereocenters. The number of hydrogen-bond acceptors (Lipinski definition) is 6. The highest BCUT2D eigenvalue weighted by Gasteiger charge is 2.42. The number of carboxylic acid groups (broad SMARTS) is 1. The van der Waals surface area contributed by atoms with Gasteiger partial charge in [-0.05, 0) is 32.9 Å². The van der Waals surface area contributed by atoms with Gasteiger partial charge in [-0.2, -0.15) is 0 Å². The summed E-state index contributed by atoms with van der Waals surface area (Å²) in [7, 11) is 0. The van der Waals surface area contributed by atoms with Crippen molar-refractivity contribution < 1.29 is 29.1 Å². The summed E-state index contributed by atoms with van der Waals surface area (Å²) in [5.74, 6) is -0.772. The van der Waals surface area contributed by atoms with Crippen molar-refractivity contribution in [3.05, 3.63) is 34.4 Å². The molecular formula is C16H20N2O7. The maximum Gasteiger partial charge on any atom is 0.411 e. The molecule has 136 valence electrons. The van der Waals surface area contributed by atoms with Crippen molar-refractivity contribution in [2.24, 2.45) is 0 Å². The highest BCUT2D eigenvalue weighted by atomic mass is 16.6. The van der Waals surface area contributed by atoms with Gasteiger partial charge >= 0.3 is 12.1 Å². The van der Waals surface area contributed by atoms with E-state index in [2.05, 4.69) is 0 Å². The lowest BCUT2D eigenvalue weighted by atomic mass is 10.2. The lowest BCUT2D eigenvalue weighted by Gasteiger charge is -2.26. The minimum absolute atomic E-state index is 0.0584. The number of carbonyl (C=O) groups excluding carboxylic acids is 1. The highest BCUT2D eigenvalue weighted by molar-refractivity contribution is 5.81. The number of benzene rings is 1. The third-order valence-electron chi connectivity index (χ3n) is 3.53. The lowest BCUT2D eigenvalue weighted by Crippen LogP contribution is -2.43. The van der Waals surface area contributed by atoms with Gasteiger partial charge in [0.05, 0.1) is 11.5 Å². The van der Waals surface area contributed by atoms with E-state index in [1.165, 1.54) is 24.3 Å². The average molecular weight is 352 g/mol. The van der Waals surface area contributed by atoms with Crippen LogP contribution in [0.25, 0.3) is 0 Å². The molecule has 1 heterocycles. The van der Waals surface area contributed by atoms with Crippen LogP contribution >= 0.6 is 0 Å². The minimum Gasteiger partial charge on any atom is -0.488 e. The zero-order valence-electron chi connectivity index (χ0n) is 14.2. The highest BCUT2D eigenvalue weighted by Crippen LogP contribution is 2.26. The third-order valence-corrected chi connectivity index (χ3v) is 3.53. The fourth-order valence-corrected chi connectivity index (χ4v) is 2.48. The molecular weight excluding hydrogens is 332 g/mol. The number of hydrogen-bond donors (Lipinski definition) is 1. The maximum atomic E-state index is 12.2. The van der Waals surface area contributed by atoms with E-state index in [0.717, 1.165) is 4.90 Å². The fourth-order valence-electron chi connectivity index (χ4n) is 2.48.